The predicted octanol–water partition coefficient (Wildman–Crippen LogP) is 3.96. The number of rotatable bonds is 9. The fourth-order valence-corrected chi connectivity index (χ4v) is 4.14. The molecule has 0 saturated carbocycles. The summed E-state index contributed by atoms with van der Waals surface area (Å²) >= 11 is 0. The van der Waals surface area contributed by atoms with Gasteiger partial charge in [0.25, 0.3) is 0 Å². The first-order valence-corrected chi connectivity index (χ1v) is 11.5. The summed E-state index contributed by atoms with van der Waals surface area (Å²) in [5.41, 5.74) is 3.28. The Morgan fingerprint density at radius 2 is 1.58 bits per heavy atom. The Labute approximate surface area is 179 Å². The van der Waals surface area contributed by atoms with E-state index < -0.39 is 13.6 Å². The molecule has 3 aromatic carbocycles. The normalized spacial score (nSPS) is 14.0. The maximum atomic E-state index is 12.5. The summed E-state index contributed by atoms with van der Waals surface area (Å²) in [5, 5.41) is 17.2. The lowest BCUT2D eigenvalue weighted by atomic mass is 10.0. The molecule has 0 spiro atoms. The first kappa shape index (κ1) is 20.9. The third-order valence-corrected chi connectivity index (χ3v) is 5.78. The summed E-state index contributed by atoms with van der Waals surface area (Å²) in [5.74, 6) is 0.745. The van der Waals surface area contributed by atoms with Gasteiger partial charge in [-0.05, 0) is 35.2 Å². The standard InChI is InChI=1S/C22H22N5O3P/c28-31(29,30-20-9-5-2-6-10-20)16-23-21(22-24-26-27-25-22)15-17-11-13-19(14-12-17)18-7-3-1-4-8-18/h1-14,21,23H,15-16H2,(H,28,29)(H,24,25,26,27)/t21-/m0/s1. The van der Waals surface area contributed by atoms with E-state index in [4.69, 9.17) is 4.52 Å². The van der Waals surface area contributed by atoms with Crippen LogP contribution in [0.15, 0.2) is 84.9 Å². The molecule has 0 aliphatic heterocycles. The third-order valence-electron chi connectivity index (χ3n) is 4.70. The van der Waals surface area contributed by atoms with Crippen molar-refractivity contribution in [3.63, 3.8) is 0 Å². The zero-order valence-corrected chi connectivity index (χ0v) is 17.5. The van der Waals surface area contributed by atoms with Gasteiger partial charge in [-0.25, -0.2) is 4.57 Å². The fraction of sp³-hybridized carbons (Fsp3) is 0.136. The molecule has 8 nitrogen and oxygen atoms in total. The minimum absolute atomic E-state index is 0.261. The number of benzene rings is 3. The zero-order chi connectivity index (χ0) is 21.5. The molecule has 0 aliphatic rings. The molecule has 0 radical (unpaired) electrons. The van der Waals surface area contributed by atoms with E-state index in [1.807, 2.05) is 48.5 Å². The molecule has 158 valence electrons. The van der Waals surface area contributed by atoms with Crippen LogP contribution in [-0.4, -0.2) is 31.8 Å². The van der Waals surface area contributed by atoms with Crippen LogP contribution in [0.3, 0.4) is 0 Å². The van der Waals surface area contributed by atoms with Gasteiger partial charge in [0.15, 0.2) is 5.82 Å². The van der Waals surface area contributed by atoms with Crippen molar-refractivity contribution in [3.8, 4) is 16.9 Å². The van der Waals surface area contributed by atoms with Crippen molar-refractivity contribution >= 4 is 7.60 Å². The van der Waals surface area contributed by atoms with Crippen LogP contribution in [0, 0.1) is 0 Å². The molecule has 31 heavy (non-hydrogen) atoms. The molecule has 1 heterocycles. The number of tetrazole rings is 1. The number of aromatic amines is 1. The Balaban J connectivity index is 1.44. The number of nitrogens with one attached hydrogen (secondary N) is 2. The average molecular weight is 435 g/mol. The van der Waals surface area contributed by atoms with Crippen molar-refractivity contribution in [2.45, 2.75) is 12.5 Å². The Kier molecular flexibility index (Phi) is 6.52. The van der Waals surface area contributed by atoms with Crippen LogP contribution in [0.4, 0.5) is 0 Å². The summed E-state index contributed by atoms with van der Waals surface area (Å²) in [7, 11) is -3.92. The van der Waals surface area contributed by atoms with Crippen LogP contribution in [0.1, 0.15) is 17.4 Å². The van der Waals surface area contributed by atoms with E-state index in [1.165, 1.54) is 0 Å². The topological polar surface area (TPSA) is 113 Å². The van der Waals surface area contributed by atoms with E-state index >= 15 is 0 Å². The Morgan fingerprint density at radius 1 is 0.935 bits per heavy atom. The van der Waals surface area contributed by atoms with Gasteiger partial charge in [0, 0.05) is 0 Å². The van der Waals surface area contributed by atoms with E-state index in [0.29, 0.717) is 18.0 Å². The SMILES string of the molecule is O=P(O)(CN[C@@H](Cc1ccc(-c2ccccc2)cc1)c1nn[nH]n1)Oc1ccccc1. The second-order valence-electron chi connectivity index (χ2n) is 6.99. The molecule has 9 heteroatoms. The lowest BCUT2D eigenvalue weighted by molar-refractivity contribution is 0.368. The van der Waals surface area contributed by atoms with Crippen LogP contribution in [0.5, 0.6) is 5.75 Å². The molecular weight excluding hydrogens is 413 g/mol. The number of hydrogen-bond donors (Lipinski definition) is 3. The van der Waals surface area contributed by atoms with Gasteiger partial charge in [0.2, 0.25) is 0 Å². The number of H-pyrrole nitrogens is 1. The highest BCUT2D eigenvalue weighted by atomic mass is 31.2. The monoisotopic (exact) mass is 435 g/mol. The van der Waals surface area contributed by atoms with Crippen LogP contribution in [-0.2, 0) is 11.0 Å². The van der Waals surface area contributed by atoms with Crippen LogP contribution >= 0.6 is 7.60 Å². The summed E-state index contributed by atoms with van der Waals surface area (Å²) in [6.45, 7) is 0. The van der Waals surface area contributed by atoms with Gasteiger partial charge in [-0.1, -0.05) is 78.0 Å². The minimum atomic E-state index is -3.92. The highest BCUT2D eigenvalue weighted by Gasteiger charge is 2.25. The van der Waals surface area contributed by atoms with E-state index in [2.05, 4.69) is 38.1 Å². The molecular formula is C22H22N5O3P. The fourth-order valence-electron chi connectivity index (χ4n) is 3.18. The Hall–Kier alpha value is -3.32. The summed E-state index contributed by atoms with van der Waals surface area (Å²) in [4.78, 5) is 10.2. The summed E-state index contributed by atoms with van der Waals surface area (Å²) in [6, 6.07) is 26.4. The molecule has 0 bridgehead atoms. The Bertz CT molecular complexity index is 1120. The van der Waals surface area contributed by atoms with Crippen molar-refractivity contribution in [2.75, 3.05) is 6.29 Å². The van der Waals surface area contributed by atoms with Crippen molar-refractivity contribution < 1.29 is 14.0 Å². The van der Waals surface area contributed by atoms with Gasteiger partial charge in [-0.2, -0.15) is 5.21 Å². The quantitative estimate of drug-likeness (QED) is 0.341. The third kappa shape index (κ3) is 5.86. The van der Waals surface area contributed by atoms with Gasteiger partial charge in [0.1, 0.15) is 12.0 Å². The predicted molar refractivity (Wildman–Crippen MR) is 117 cm³/mol. The number of para-hydroxylation sites is 1. The van der Waals surface area contributed by atoms with Gasteiger partial charge in [-0.15, -0.1) is 10.2 Å². The van der Waals surface area contributed by atoms with Crippen LogP contribution in [0.2, 0.25) is 0 Å². The molecule has 3 N–H and O–H groups in total. The lowest BCUT2D eigenvalue weighted by Gasteiger charge is -2.19. The minimum Gasteiger partial charge on any atom is -0.424 e. The molecule has 0 amide bonds. The van der Waals surface area contributed by atoms with Crippen molar-refractivity contribution in [1.82, 2.24) is 25.9 Å². The molecule has 4 aromatic rings. The number of hydrogen-bond acceptors (Lipinski definition) is 6. The molecule has 0 aliphatic carbocycles. The Morgan fingerprint density at radius 3 is 2.23 bits per heavy atom. The van der Waals surface area contributed by atoms with Crippen LogP contribution in [0.25, 0.3) is 11.1 Å². The van der Waals surface area contributed by atoms with Gasteiger partial charge in [-0.3, -0.25) is 5.32 Å². The second-order valence-corrected chi connectivity index (χ2v) is 8.77. The van der Waals surface area contributed by atoms with Crippen molar-refractivity contribution in [1.29, 1.82) is 0 Å². The largest absolute Gasteiger partial charge is 0.424 e. The maximum absolute atomic E-state index is 12.5. The smallest absolute Gasteiger partial charge is 0.390 e. The van der Waals surface area contributed by atoms with Gasteiger partial charge in [0.05, 0.1) is 6.04 Å². The summed E-state index contributed by atoms with van der Waals surface area (Å²) in [6.07, 6.45) is 0.253. The van der Waals surface area contributed by atoms with Crippen molar-refractivity contribution in [2.24, 2.45) is 0 Å². The highest BCUT2D eigenvalue weighted by Crippen LogP contribution is 2.41. The zero-order valence-electron chi connectivity index (χ0n) is 16.6. The van der Waals surface area contributed by atoms with E-state index in [9.17, 15) is 9.46 Å². The van der Waals surface area contributed by atoms with Crippen molar-refractivity contribution in [3.05, 3.63) is 96.3 Å². The summed E-state index contributed by atoms with van der Waals surface area (Å²) < 4.78 is 17.8. The highest BCUT2D eigenvalue weighted by molar-refractivity contribution is 7.53. The first-order chi connectivity index (χ1) is 15.1. The lowest BCUT2D eigenvalue weighted by Crippen LogP contribution is -2.26. The van der Waals surface area contributed by atoms with E-state index in [1.54, 1.807) is 24.3 Å². The van der Waals surface area contributed by atoms with Gasteiger partial charge >= 0.3 is 7.60 Å². The van der Waals surface area contributed by atoms with E-state index in [-0.39, 0.29) is 6.29 Å². The second kappa shape index (κ2) is 9.66. The van der Waals surface area contributed by atoms with Gasteiger partial charge < -0.3 is 9.42 Å². The number of aromatic nitrogens is 4. The molecule has 1 aromatic heterocycles. The van der Waals surface area contributed by atoms with E-state index in [0.717, 1.165) is 16.7 Å². The molecule has 4 rings (SSSR count). The molecule has 1 unspecified atom stereocenters. The molecule has 2 atom stereocenters. The molecule has 0 fully saturated rings. The average Bonchev–Trinajstić information content (AvgIpc) is 3.33. The molecule has 0 saturated heterocycles. The maximum Gasteiger partial charge on any atom is 0.390 e. The van der Waals surface area contributed by atoms with Crippen LogP contribution < -0.4 is 9.84 Å². The first-order valence-electron chi connectivity index (χ1n) is 9.77. The number of nitrogens with zero attached hydrogens (tertiary/aromatic N) is 3.